The Kier molecular flexibility index (Phi) is 4.95. The Bertz CT molecular complexity index is 801. The van der Waals surface area contributed by atoms with Crippen LogP contribution in [-0.4, -0.2) is 40.2 Å². The van der Waals surface area contributed by atoms with Gasteiger partial charge in [-0.05, 0) is 62.2 Å². The number of nitrogens with one attached hydrogen (secondary N) is 1. The summed E-state index contributed by atoms with van der Waals surface area (Å²) < 4.78 is 5.07. The quantitative estimate of drug-likeness (QED) is 0.320. The molecule has 0 amide bonds. The second kappa shape index (κ2) is 7.15. The Labute approximate surface area is 167 Å². The van der Waals surface area contributed by atoms with Gasteiger partial charge >= 0.3 is 11.7 Å². The van der Waals surface area contributed by atoms with Crippen molar-refractivity contribution in [2.45, 2.75) is 45.1 Å². The van der Waals surface area contributed by atoms with Crippen molar-refractivity contribution in [2.24, 2.45) is 23.2 Å². The van der Waals surface area contributed by atoms with Crippen LogP contribution in [0.3, 0.4) is 0 Å². The third-order valence-corrected chi connectivity index (χ3v) is 7.01. The third kappa shape index (κ3) is 3.12. The highest BCUT2D eigenvalue weighted by Gasteiger charge is 2.55. The first-order chi connectivity index (χ1) is 13.4. The first kappa shape index (κ1) is 19.4. The number of aromatic nitrogens is 1. The number of hydrogen-bond donors (Lipinski definition) is 2. The lowest BCUT2D eigenvalue weighted by Crippen LogP contribution is -2.57. The lowest BCUT2D eigenvalue weighted by Gasteiger charge is -2.59. The molecule has 4 fully saturated rings. The molecule has 152 valence electrons. The van der Waals surface area contributed by atoms with Crippen LogP contribution in [-0.2, 0) is 4.74 Å². The summed E-state index contributed by atoms with van der Waals surface area (Å²) in [6.45, 7) is 2.03. The van der Waals surface area contributed by atoms with Gasteiger partial charge in [-0.3, -0.25) is 10.1 Å². The number of esters is 1. The number of hydrogen-bond acceptors (Lipinski definition) is 7. The molecule has 1 heterocycles. The molecule has 9 heteroatoms. The topological polar surface area (TPSA) is 115 Å². The van der Waals surface area contributed by atoms with E-state index in [1.807, 2.05) is 0 Å². The molecular formula is C19H24ClN3O5. The van der Waals surface area contributed by atoms with Crippen molar-refractivity contribution in [2.75, 3.05) is 18.5 Å². The zero-order valence-electron chi connectivity index (χ0n) is 15.7. The summed E-state index contributed by atoms with van der Waals surface area (Å²) in [7, 11) is 0. The van der Waals surface area contributed by atoms with Crippen LogP contribution in [0.5, 0.6) is 0 Å². The number of pyridine rings is 1. The Morgan fingerprint density at radius 1 is 1.43 bits per heavy atom. The van der Waals surface area contributed by atoms with E-state index in [0.29, 0.717) is 17.8 Å². The fraction of sp³-hybridized carbons (Fsp3) is 0.684. The van der Waals surface area contributed by atoms with Crippen molar-refractivity contribution in [1.82, 2.24) is 4.98 Å². The molecule has 4 aliphatic rings. The van der Waals surface area contributed by atoms with Gasteiger partial charge in [0.2, 0.25) is 5.15 Å². The fourth-order valence-electron chi connectivity index (χ4n) is 5.94. The number of halogens is 1. The summed E-state index contributed by atoms with van der Waals surface area (Å²) >= 11 is 6.01. The van der Waals surface area contributed by atoms with Crippen LogP contribution in [0.2, 0.25) is 5.15 Å². The Morgan fingerprint density at radius 2 is 2.11 bits per heavy atom. The van der Waals surface area contributed by atoms with E-state index in [9.17, 15) is 20.0 Å². The van der Waals surface area contributed by atoms with Crippen molar-refractivity contribution in [3.63, 3.8) is 0 Å². The number of aliphatic hydroxyl groups excluding tert-OH is 1. The Hall–Kier alpha value is -1.93. The average molecular weight is 410 g/mol. The number of rotatable bonds is 6. The van der Waals surface area contributed by atoms with Gasteiger partial charge in [0.05, 0.1) is 11.5 Å². The zero-order chi connectivity index (χ0) is 20.1. The van der Waals surface area contributed by atoms with Gasteiger partial charge in [-0.2, -0.15) is 0 Å². The first-order valence-corrected chi connectivity index (χ1v) is 10.1. The van der Waals surface area contributed by atoms with E-state index < -0.39 is 16.6 Å². The summed E-state index contributed by atoms with van der Waals surface area (Å²) in [6.07, 6.45) is 6.18. The molecule has 2 atom stereocenters. The minimum Gasteiger partial charge on any atom is -0.462 e. The monoisotopic (exact) mass is 409 g/mol. The molecule has 0 radical (unpaired) electrons. The molecule has 4 saturated carbocycles. The highest BCUT2D eigenvalue weighted by atomic mass is 35.5. The van der Waals surface area contributed by atoms with E-state index in [-0.39, 0.29) is 41.1 Å². The van der Waals surface area contributed by atoms with Crippen molar-refractivity contribution in [3.8, 4) is 0 Å². The van der Waals surface area contributed by atoms with Crippen molar-refractivity contribution >= 4 is 28.9 Å². The van der Waals surface area contributed by atoms with Crippen LogP contribution in [0.4, 0.5) is 11.4 Å². The molecule has 28 heavy (non-hydrogen) atoms. The van der Waals surface area contributed by atoms with Crippen LogP contribution >= 0.6 is 11.6 Å². The van der Waals surface area contributed by atoms with Gasteiger partial charge in [0.1, 0.15) is 11.3 Å². The van der Waals surface area contributed by atoms with Gasteiger partial charge in [-0.1, -0.05) is 11.6 Å². The molecule has 0 spiro atoms. The molecular weight excluding hydrogens is 386 g/mol. The number of ether oxygens (including phenoxy) is 1. The highest BCUT2D eigenvalue weighted by molar-refractivity contribution is 6.32. The van der Waals surface area contributed by atoms with Crippen LogP contribution in [0.1, 0.15) is 49.4 Å². The van der Waals surface area contributed by atoms with Gasteiger partial charge in [-0.25, -0.2) is 9.78 Å². The average Bonchev–Trinajstić information content (AvgIpc) is 2.64. The summed E-state index contributed by atoms with van der Waals surface area (Å²) in [5.74, 6) is 0.552. The van der Waals surface area contributed by atoms with Crippen LogP contribution in [0, 0.1) is 33.3 Å². The maximum atomic E-state index is 12.4. The van der Waals surface area contributed by atoms with Crippen molar-refractivity contribution in [1.29, 1.82) is 0 Å². The summed E-state index contributed by atoms with van der Waals surface area (Å²) in [5, 5.41) is 24.7. The van der Waals surface area contributed by atoms with Crippen molar-refractivity contribution < 1.29 is 19.6 Å². The molecule has 4 aliphatic carbocycles. The molecule has 4 bridgehead atoms. The summed E-state index contributed by atoms with van der Waals surface area (Å²) in [6, 6.07) is 0.00145. The van der Waals surface area contributed by atoms with E-state index >= 15 is 0 Å². The normalized spacial score (nSPS) is 33.0. The maximum Gasteiger partial charge on any atom is 0.342 e. The highest BCUT2D eigenvalue weighted by Crippen LogP contribution is 2.60. The summed E-state index contributed by atoms with van der Waals surface area (Å²) in [4.78, 5) is 27.3. The van der Waals surface area contributed by atoms with E-state index in [1.165, 1.54) is 6.20 Å². The number of aliphatic hydroxyl groups is 1. The molecule has 1 aromatic rings. The third-order valence-electron chi connectivity index (χ3n) is 6.73. The van der Waals surface area contributed by atoms with Crippen LogP contribution < -0.4 is 5.32 Å². The number of carbonyl (C=O) groups is 1. The number of anilines is 1. The first-order valence-electron chi connectivity index (χ1n) is 9.75. The van der Waals surface area contributed by atoms with E-state index in [2.05, 4.69) is 10.3 Å². The molecule has 2 unspecified atom stereocenters. The molecule has 2 N–H and O–H groups in total. The fourth-order valence-corrected chi connectivity index (χ4v) is 6.15. The number of nitro groups is 1. The van der Waals surface area contributed by atoms with Gasteiger partial charge in [0.25, 0.3) is 0 Å². The molecule has 0 aromatic carbocycles. The lowest BCUT2D eigenvalue weighted by atomic mass is 9.48. The van der Waals surface area contributed by atoms with E-state index in [4.69, 9.17) is 16.3 Å². The minimum absolute atomic E-state index is 0.00145. The molecule has 0 saturated heterocycles. The van der Waals surface area contributed by atoms with Gasteiger partial charge < -0.3 is 15.2 Å². The zero-order valence-corrected chi connectivity index (χ0v) is 16.4. The summed E-state index contributed by atoms with van der Waals surface area (Å²) in [5.41, 5.74) is -0.277. The Morgan fingerprint density at radius 3 is 2.68 bits per heavy atom. The van der Waals surface area contributed by atoms with Crippen LogP contribution in [0.25, 0.3) is 0 Å². The second-order valence-corrected chi connectivity index (χ2v) is 8.82. The predicted molar refractivity (Wildman–Crippen MR) is 102 cm³/mol. The predicted octanol–water partition coefficient (Wildman–Crippen LogP) is 3.42. The van der Waals surface area contributed by atoms with Gasteiger partial charge in [0.15, 0.2) is 0 Å². The number of nitrogens with zero attached hydrogens (tertiary/aromatic N) is 2. The largest absolute Gasteiger partial charge is 0.462 e. The molecule has 1 aromatic heterocycles. The van der Waals surface area contributed by atoms with Crippen molar-refractivity contribution in [3.05, 3.63) is 27.0 Å². The molecule has 0 aliphatic heterocycles. The van der Waals surface area contributed by atoms with Crippen LogP contribution in [0.15, 0.2) is 6.20 Å². The molecule has 8 nitrogen and oxygen atoms in total. The molecule has 5 rings (SSSR count). The van der Waals surface area contributed by atoms with E-state index in [0.717, 1.165) is 32.1 Å². The van der Waals surface area contributed by atoms with Gasteiger partial charge in [0, 0.05) is 18.8 Å². The van der Waals surface area contributed by atoms with E-state index in [1.54, 1.807) is 6.92 Å². The maximum absolute atomic E-state index is 12.4. The Balaban J connectivity index is 1.70. The van der Waals surface area contributed by atoms with Gasteiger partial charge in [-0.15, -0.1) is 0 Å². The SMILES string of the molecule is CCOC(=O)c1cnc(Cl)c([N+](=O)[O-])c1NC1C2CC3CC1CC(CO)(C3)C2. The lowest BCUT2D eigenvalue weighted by molar-refractivity contribution is -0.384. The smallest absolute Gasteiger partial charge is 0.342 e. The minimum atomic E-state index is -0.659. The number of carbonyl (C=O) groups excluding carboxylic acids is 1. The standard InChI is InChI=1S/C19H24ClN3O5/c1-2-28-18(25)13-8-21-17(20)16(23(26)27)15(13)22-14-11-3-10-4-12(14)7-19(5-10,6-11)9-24/h8,10-12,14,24H,2-7,9H2,1H3,(H,21,22). The second-order valence-electron chi connectivity index (χ2n) is 8.46.